The zero-order valence-electron chi connectivity index (χ0n) is 19.1. The van der Waals surface area contributed by atoms with Crippen molar-refractivity contribution in [3.8, 4) is 0 Å². The maximum absolute atomic E-state index is 13.6. The third kappa shape index (κ3) is 4.66. The molecule has 1 aliphatic carbocycles. The molecule has 4 N–H and O–H groups in total. The smallest absolute Gasteiger partial charge is 0.337 e. The molecule has 0 bridgehead atoms. The highest BCUT2D eigenvalue weighted by molar-refractivity contribution is 5.88. The van der Waals surface area contributed by atoms with Gasteiger partial charge in [-0.2, -0.15) is 5.43 Å². The molecule has 178 valence electrons. The van der Waals surface area contributed by atoms with Crippen LogP contribution in [0.3, 0.4) is 0 Å². The molecule has 2 saturated heterocycles. The molecule has 33 heavy (non-hydrogen) atoms. The number of nitrogens with zero attached hydrogens (tertiary/aromatic N) is 3. The topological polar surface area (TPSA) is 128 Å². The molecular formula is C23H32N6O4. The summed E-state index contributed by atoms with van der Waals surface area (Å²) in [7, 11) is 0. The van der Waals surface area contributed by atoms with E-state index in [0.717, 1.165) is 5.56 Å². The van der Waals surface area contributed by atoms with Gasteiger partial charge in [-0.25, -0.2) is 9.80 Å². The van der Waals surface area contributed by atoms with Crippen molar-refractivity contribution in [2.24, 2.45) is 23.5 Å². The van der Waals surface area contributed by atoms with Gasteiger partial charge in [0.05, 0.1) is 5.92 Å². The largest absolute Gasteiger partial charge is 0.368 e. The number of nitrogens with two attached hydrogens (primary N) is 1. The van der Waals surface area contributed by atoms with Crippen molar-refractivity contribution < 1.29 is 19.2 Å². The number of fused-ring (bicyclic) bond motifs is 3. The second kappa shape index (κ2) is 9.38. The van der Waals surface area contributed by atoms with Crippen molar-refractivity contribution in [2.45, 2.75) is 52.0 Å². The van der Waals surface area contributed by atoms with Crippen LogP contribution >= 0.6 is 0 Å². The van der Waals surface area contributed by atoms with E-state index in [2.05, 4.69) is 10.7 Å². The first kappa shape index (κ1) is 23.0. The molecule has 1 aromatic carbocycles. The molecular weight excluding hydrogens is 424 g/mol. The summed E-state index contributed by atoms with van der Waals surface area (Å²) in [5, 5.41) is 4.15. The molecule has 0 spiro atoms. The van der Waals surface area contributed by atoms with E-state index < -0.39 is 30.2 Å². The van der Waals surface area contributed by atoms with Crippen LogP contribution in [0, 0.1) is 17.8 Å². The van der Waals surface area contributed by atoms with Crippen LogP contribution in [0.2, 0.25) is 0 Å². The van der Waals surface area contributed by atoms with Crippen LogP contribution in [0.5, 0.6) is 0 Å². The minimum Gasteiger partial charge on any atom is -0.368 e. The summed E-state index contributed by atoms with van der Waals surface area (Å²) in [6, 6.07) is 8.74. The van der Waals surface area contributed by atoms with Gasteiger partial charge in [-0.05, 0) is 30.7 Å². The monoisotopic (exact) mass is 456 g/mol. The van der Waals surface area contributed by atoms with Gasteiger partial charge in [0.2, 0.25) is 17.7 Å². The van der Waals surface area contributed by atoms with Crippen molar-refractivity contribution in [3.05, 3.63) is 35.9 Å². The molecule has 4 unspecified atom stereocenters. The number of rotatable bonds is 7. The lowest BCUT2D eigenvalue weighted by Gasteiger charge is -2.49. The quantitative estimate of drug-likeness (QED) is 0.554. The third-order valence-corrected chi connectivity index (χ3v) is 6.62. The summed E-state index contributed by atoms with van der Waals surface area (Å²) in [6.45, 7) is 4.68. The normalized spacial score (nSPS) is 26.9. The number of hydrogen-bond donors (Lipinski definition) is 3. The molecule has 3 aliphatic rings. The third-order valence-electron chi connectivity index (χ3n) is 6.62. The van der Waals surface area contributed by atoms with E-state index in [9.17, 15) is 19.2 Å². The molecule has 10 nitrogen and oxygen atoms in total. The predicted molar refractivity (Wildman–Crippen MR) is 120 cm³/mol. The van der Waals surface area contributed by atoms with E-state index in [1.165, 1.54) is 5.01 Å². The Kier molecular flexibility index (Phi) is 6.55. The van der Waals surface area contributed by atoms with Crippen LogP contribution in [0.25, 0.3) is 0 Å². The van der Waals surface area contributed by atoms with Gasteiger partial charge in [-0.15, -0.1) is 0 Å². The molecule has 2 aliphatic heterocycles. The summed E-state index contributed by atoms with van der Waals surface area (Å²) >= 11 is 0. The van der Waals surface area contributed by atoms with E-state index in [1.54, 1.807) is 9.80 Å². The van der Waals surface area contributed by atoms with E-state index in [-0.39, 0.29) is 24.3 Å². The highest BCUT2D eigenvalue weighted by Gasteiger charge is 2.56. The number of primary amides is 1. The summed E-state index contributed by atoms with van der Waals surface area (Å²) in [5.74, 6) is -1.05. The molecule has 0 radical (unpaired) electrons. The SMILES string of the molecule is CC(C)CNC(=O)C1CCC2C(=O)N(Cc3ccccc3)C3NN(CC(N)=O)C(=O)N3C2C1. The molecule has 0 aromatic heterocycles. The second-order valence-corrected chi connectivity index (χ2v) is 9.52. The Bertz CT molecular complexity index is 923. The van der Waals surface area contributed by atoms with E-state index in [1.807, 2.05) is 44.2 Å². The molecule has 1 saturated carbocycles. The van der Waals surface area contributed by atoms with Gasteiger partial charge < -0.3 is 16.0 Å². The average Bonchev–Trinajstić information content (AvgIpc) is 3.10. The Morgan fingerprint density at radius 3 is 2.58 bits per heavy atom. The van der Waals surface area contributed by atoms with Crippen molar-refractivity contribution >= 4 is 23.8 Å². The summed E-state index contributed by atoms with van der Waals surface area (Å²) < 4.78 is 0. The summed E-state index contributed by atoms with van der Waals surface area (Å²) in [5.41, 5.74) is 9.28. The maximum Gasteiger partial charge on any atom is 0.337 e. The Morgan fingerprint density at radius 2 is 1.91 bits per heavy atom. The summed E-state index contributed by atoms with van der Waals surface area (Å²) in [6.07, 6.45) is 0.804. The van der Waals surface area contributed by atoms with Gasteiger partial charge in [0.1, 0.15) is 6.54 Å². The Hall–Kier alpha value is -3.14. The standard InChI is InChI=1S/C23H32N6O4/c1-14(2)11-25-20(31)16-8-9-17-18(10-16)29-22(26-28(23(29)33)13-19(24)30)27(21(17)32)12-15-6-4-3-5-7-15/h3-7,14,16-18,22,26H,8-13H2,1-2H3,(H2,24,30)(H,25,31). The first-order chi connectivity index (χ1) is 15.8. The molecule has 1 aromatic rings. The number of nitrogens with one attached hydrogen (secondary N) is 2. The lowest BCUT2D eigenvalue weighted by atomic mass is 9.75. The minimum atomic E-state index is -0.733. The maximum atomic E-state index is 13.6. The van der Waals surface area contributed by atoms with Crippen molar-refractivity contribution in [3.63, 3.8) is 0 Å². The highest BCUT2D eigenvalue weighted by atomic mass is 16.2. The Balaban J connectivity index is 1.59. The number of amides is 5. The highest BCUT2D eigenvalue weighted by Crippen LogP contribution is 2.40. The van der Waals surface area contributed by atoms with Crippen LogP contribution in [-0.4, -0.2) is 64.0 Å². The average molecular weight is 457 g/mol. The van der Waals surface area contributed by atoms with Crippen LogP contribution in [0.15, 0.2) is 30.3 Å². The number of hydrogen-bond acceptors (Lipinski definition) is 5. The minimum absolute atomic E-state index is 0.0357. The second-order valence-electron chi connectivity index (χ2n) is 9.52. The van der Waals surface area contributed by atoms with Crippen molar-refractivity contribution in [2.75, 3.05) is 13.1 Å². The molecule has 3 fully saturated rings. The van der Waals surface area contributed by atoms with Crippen LogP contribution in [0.4, 0.5) is 4.79 Å². The van der Waals surface area contributed by atoms with Gasteiger partial charge >= 0.3 is 6.03 Å². The fraction of sp³-hybridized carbons (Fsp3) is 0.565. The van der Waals surface area contributed by atoms with Crippen molar-refractivity contribution in [1.29, 1.82) is 0 Å². The summed E-state index contributed by atoms with van der Waals surface area (Å²) in [4.78, 5) is 54.4. The van der Waals surface area contributed by atoms with Crippen molar-refractivity contribution in [1.82, 2.24) is 25.6 Å². The molecule has 10 heteroatoms. The van der Waals surface area contributed by atoms with Crippen LogP contribution in [-0.2, 0) is 20.9 Å². The predicted octanol–water partition coefficient (Wildman–Crippen LogP) is 0.597. The van der Waals surface area contributed by atoms with Crippen LogP contribution < -0.4 is 16.5 Å². The number of carbonyl (C=O) groups excluding carboxylic acids is 4. The first-order valence-corrected chi connectivity index (χ1v) is 11.5. The van der Waals surface area contributed by atoms with Gasteiger partial charge in [0, 0.05) is 25.0 Å². The molecule has 4 rings (SSSR count). The first-order valence-electron chi connectivity index (χ1n) is 11.5. The fourth-order valence-electron chi connectivity index (χ4n) is 5.02. The lowest BCUT2D eigenvalue weighted by Crippen LogP contribution is -2.66. The number of hydrazine groups is 1. The van der Waals surface area contributed by atoms with Gasteiger partial charge in [0.15, 0.2) is 6.29 Å². The molecule has 4 atom stereocenters. The zero-order valence-corrected chi connectivity index (χ0v) is 19.1. The number of benzene rings is 1. The number of urea groups is 1. The van der Waals surface area contributed by atoms with Crippen LogP contribution in [0.1, 0.15) is 38.7 Å². The van der Waals surface area contributed by atoms with Gasteiger partial charge in [0.25, 0.3) is 0 Å². The van der Waals surface area contributed by atoms with E-state index >= 15 is 0 Å². The lowest BCUT2D eigenvalue weighted by molar-refractivity contribution is -0.159. The Morgan fingerprint density at radius 1 is 1.18 bits per heavy atom. The van der Waals surface area contributed by atoms with Gasteiger partial charge in [-0.3, -0.25) is 19.3 Å². The fourth-order valence-corrected chi connectivity index (χ4v) is 5.02. The van der Waals surface area contributed by atoms with Gasteiger partial charge in [-0.1, -0.05) is 44.2 Å². The zero-order chi connectivity index (χ0) is 23.7. The molecule has 2 heterocycles. The number of carbonyl (C=O) groups is 4. The van der Waals surface area contributed by atoms with E-state index in [0.29, 0.717) is 38.3 Å². The molecule has 5 amide bonds. The van der Waals surface area contributed by atoms with E-state index in [4.69, 9.17) is 5.73 Å². The Labute approximate surface area is 193 Å².